The largest absolute Gasteiger partial charge is 0.508 e. The topological polar surface area (TPSA) is 50.1 Å². The average molecular weight is 277 g/mol. The second-order valence-electron chi connectivity index (χ2n) is 4.93. The molecule has 0 spiro atoms. The fraction of sp³-hybridized carbons (Fsp3) is 0.400. The fourth-order valence-corrected chi connectivity index (χ4v) is 2.27. The molecule has 1 aromatic carbocycles. The highest BCUT2D eigenvalue weighted by Gasteiger charge is 2.13. The van der Waals surface area contributed by atoms with E-state index in [0.29, 0.717) is 12.1 Å². The normalized spacial score (nSPS) is 12.6. The maximum Gasteiger partial charge on any atom is 0.123 e. The Bertz CT molecular complexity index is 595. The highest BCUT2D eigenvalue weighted by atomic mass is 19.1. The lowest BCUT2D eigenvalue weighted by atomic mass is 10.1. The van der Waals surface area contributed by atoms with Gasteiger partial charge < -0.3 is 10.4 Å². The van der Waals surface area contributed by atoms with Crippen LogP contribution in [-0.2, 0) is 20.0 Å². The number of aryl methyl sites for hydroxylation is 2. The van der Waals surface area contributed by atoms with Crippen LogP contribution in [0.5, 0.6) is 5.75 Å². The Morgan fingerprint density at radius 1 is 1.45 bits per heavy atom. The number of halogens is 1. The number of hydrogen-bond acceptors (Lipinski definition) is 3. The number of aromatic nitrogens is 2. The SMILES string of the molecule is CCc1nn(C)cc1CNC(C)c1cc(F)ccc1O. The summed E-state index contributed by atoms with van der Waals surface area (Å²) in [4.78, 5) is 0. The molecule has 0 aliphatic heterocycles. The van der Waals surface area contributed by atoms with E-state index < -0.39 is 0 Å². The van der Waals surface area contributed by atoms with Crippen LogP contribution in [0, 0.1) is 5.82 Å². The van der Waals surface area contributed by atoms with Crippen LogP contribution in [0.4, 0.5) is 4.39 Å². The monoisotopic (exact) mass is 277 g/mol. The Kier molecular flexibility index (Phi) is 4.39. The van der Waals surface area contributed by atoms with Crippen LogP contribution in [0.3, 0.4) is 0 Å². The first-order valence-electron chi connectivity index (χ1n) is 6.74. The molecule has 108 valence electrons. The molecule has 0 fully saturated rings. The molecule has 0 bridgehead atoms. The van der Waals surface area contributed by atoms with Crippen molar-refractivity contribution >= 4 is 0 Å². The summed E-state index contributed by atoms with van der Waals surface area (Å²) < 4.78 is 15.0. The summed E-state index contributed by atoms with van der Waals surface area (Å²) in [6.07, 6.45) is 2.85. The molecule has 2 aromatic rings. The lowest BCUT2D eigenvalue weighted by Gasteiger charge is -2.15. The molecule has 2 rings (SSSR count). The molecule has 0 aliphatic carbocycles. The molecule has 5 heteroatoms. The van der Waals surface area contributed by atoms with Crippen LogP contribution in [0.1, 0.15) is 36.7 Å². The van der Waals surface area contributed by atoms with Crippen molar-refractivity contribution in [3.63, 3.8) is 0 Å². The minimum atomic E-state index is -0.345. The third-order valence-corrected chi connectivity index (χ3v) is 3.38. The van der Waals surface area contributed by atoms with Gasteiger partial charge in [0.25, 0.3) is 0 Å². The molecule has 1 unspecified atom stereocenters. The van der Waals surface area contributed by atoms with E-state index >= 15 is 0 Å². The Morgan fingerprint density at radius 3 is 2.90 bits per heavy atom. The number of benzene rings is 1. The molecule has 2 N–H and O–H groups in total. The summed E-state index contributed by atoms with van der Waals surface area (Å²) in [6, 6.07) is 3.85. The van der Waals surface area contributed by atoms with Crippen molar-refractivity contribution in [2.45, 2.75) is 32.9 Å². The van der Waals surface area contributed by atoms with Gasteiger partial charge in [-0.3, -0.25) is 4.68 Å². The fourth-order valence-electron chi connectivity index (χ4n) is 2.27. The lowest BCUT2D eigenvalue weighted by Crippen LogP contribution is -2.18. The first-order valence-corrected chi connectivity index (χ1v) is 6.74. The summed E-state index contributed by atoms with van der Waals surface area (Å²) in [5.74, 6) is -0.240. The van der Waals surface area contributed by atoms with Crippen LogP contribution < -0.4 is 5.32 Å². The highest BCUT2D eigenvalue weighted by molar-refractivity contribution is 5.35. The average Bonchev–Trinajstić information content (AvgIpc) is 2.79. The Labute approximate surface area is 118 Å². The minimum absolute atomic E-state index is 0.105. The van der Waals surface area contributed by atoms with E-state index in [1.54, 1.807) is 4.68 Å². The molecule has 1 heterocycles. The van der Waals surface area contributed by atoms with Crippen molar-refractivity contribution in [1.82, 2.24) is 15.1 Å². The number of rotatable bonds is 5. The van der Waals surface area contributed by atoms with Gasteiger partial charge in [0.1, 0.15) is 11.6 Å². The zero-order valence-corrected chi connectivity index (χ0v) is 12.0. The maximum atomic E-state index is 13.2. The van der Waals surface area contributed by atoms with Gasteiger partial charge in [-0.15, -0.1) is 0 Å². The standard InChI is InChI=1S/C15H20FN3O/c1-4-14-11(9-19(3)18-14)8-17-10(2)13-7-12(16)5-6-15(13)20/h5-7,9-10,17,20H,4,8H2,1-3H3. The zero-order valence-electron chi connectivity index (χ0n) is 12.0. The first-order chi connectivity index (χ1) is 9.51. The van der Waals surface area contributed by atoms with Crippen molar-refractivity contribution < 1.29 is 9.50 Å². The van der Waals surface area contributed by atoms with Crippen LogP contribution in [0.2, 0.25) is 0 Å². The van der Waals surface area contributed by atoms with Gasteiger partial charge in [0, 0.05) is 37.0 Å². The van der Waals surface area contributed by atoms with Crippen molar-refractivity contribution in [2.75, 3.05) is 0 Å². The van der Waals surface area contributed by atoms with Crippen LogP contribution in [0.15, 0.2) is 24.4 Å². The van der Waals surface area contributed by atoms with Gasteiger partial charge in [-0.2, -0.15) is 5.10 Å². The summed E-state index contributed by atoms with van der Waals surface area (Å²) in [6.45, 7) is 4.60. The second-order valence-corrected chi connectivity index (χ2v) is 4.93. The summed E-state index contributed by atoms with van der Waals surface area (Å²) in [5, 5.41) is 17.5. The van der Waals surface area contributed by atoms with Crippen LogP contribution in [-0.4, -0.2) is 14.9 Å². The number of phenols is 1. The third kappa shape index (κ3) is 3.17. The van der Waals surface area contributed by atoms with Crippen molar-refractivity contribution in [3.05, 3.63) is 47.0 Å². The van der Waals surface area contributed by atoms with E-state index in [1.807, 2.05) is 20.2 Å². The van der Waals surface area contributed by atoms with Crippen LogP contribution in [0.25, 0.3) is 0 Å². The van der Waals surface area contributed by atoms with E-state index in [9.17, 15) is 9.50 Å². The Morgan fingerprint density at radius 2 is 2.20 bits per heavy atom. The number of nitrogens with zero attached hydrogens (tertiary/aromatic N) is 2. The number of aromatic hydroxyl groups is 1. The van der Waals surface area contributed by atoms with E-state index in [2.05, 4.69) is 17.3 Å². The van der Waals surface area contributed by atoms with Gasteiger partial charge in [0.05, 0.1) is 5.69 Å². The van der Waals surface area contributed by atoms with E-state index in [-0.39, 0.29) is 17.6 Å². The molecular formula is C15H20FN3O. The van der Waals surface area contributed by atoms with E-state index in [0.717, 1.165) is 17.7 Å². The van der Waals surface area contributed by atoms with E-state index in [4.69, 9.17) is 0 Å². The molecule has 0 radical (unpaired) electrons. The molecule has 0 aliphatic rings. The van der Waals surface area contributed by atoms with Crippen molar-refractivity contribution in [2.24, 2.45) is 7.05 Å². The zero-order chi connectivity index (χ0) is 14.7. The Hall–Kier alpha value is -1.88. The molecule has 0 saturated heterocycles. The van der Waals surface area contributed by atoms with Gasteiger partial charge in [-0.25, -0.2) is 4.39 Å². The molecule has 1 aromatic heterocycles. The van der Waals surface area contributed by atoms with Gasteiger partial charge in [0.2, 0.25) is 0 Å². The Balaban J connectivity index is 2.08. The quantitative estimate of drug-likeness (QED) is 0.883. The lowest BCUT2D eigenvalue weighted by molar-refractivity contribution is 0.449. The molecule has 0 saturated carbocycles. The minimum Gasteiger partial charge on any atom is -0.508 e. The summed E-state index contributed by atoms with van der Waals surface area (Å²) in [5.41, 5.74) is 2.74. The predicted molar refractivity (Wildman–Crippen MR) is 75.9 cm³/mol. The molecule has 1 atom stereocenters. The number of nitrogens with one attached hydrogen (secondary N) is 1. The van der Waals surface area contributed by atoms with Crippen molar-refractivity contribution in [3.8, 4) is 5.75 Å². The van der Waals surface area contributed by atoms with Gasteiger partial charge in [0.15, 0.2) is 0 Å². The van der Waals surface area contributed by atoms with Crippen molar-refractivity contribution in [1.29, 1.82) is 0 Å². The molecule has 20 heavy (non-hydrogen) atoms. The smallest absolute Gasteiger partial charge is 0.123 e. The van der Waals surface area contributed by atoms with Crippen LogP contribution >= 0.6 is 0 Å². The van der Waals surface area contributed by atoms with E-state index in [1.165, 1.54) is 18.2 Å². The molecule has 4 nitrogen and oxygen atoms in total. The molecular weight excluding hydrogens is 257 g/mol. The second kappa shape index (κ2) is 6.05. The number of hydrogen-bond donors (Lipinski definition) is 2. The predicted octanol–water partition coefficient (Wildman–Crippen LogP) is 2.68. The third-order valence-electron chi connectivity index (χ3n) is 3.38. The summed E-state index contributed by atoms with van der Waals surface area (Å²) >= 11 is 0. The van der Waals surface area contributed by atoms with Gasteiger partial charge in [-0.1, -0.05) is 6.92 Å². The number of phenolic OH excluding ortho intramolecular Hbond substituents is 1. The van der Waals surface area contributed by atoms with Gasteiger partial charge >= 0.3 is 0 Å². The molecule has 0 amide bonds. The maximum absolute atomic E-state index is 13.2. The first kappa shape index (κ1) is 14.5. The highest BCUT2D eigenvalue weighted by Crippen LogP contribution is 2.25. The summed E-state index contributed by atoms with van der Waals surface area (Å²) in [7, 11) is 1.89. The van der Waals surface area contributed by atoms with Gasteiger partial charge in [-0.05, 0) is 31.5 Å².